The molecule has 0 saturated carbocycles. The highest BCUT2D eigenvalue weighted by molar-refractivity contribution is 5.47. The third-order valence-corrected chi connectivity index (χ3v) is 3.26. The van der Waals surface area contributed by atoms with Gasteiger partial charge in [-0.2, -0.15) is 0 Å². The SMILES string of the molecule is Cc1ccnc(C(O)c2cccc3c2OCC3)c1. The average molecular weight is 241 g/mol. The Morgan fingerprint density at radius 1 is 1.33 bits per heavy atom. The molecule has 92 valence electrons. The van der Waals surface area contributed by atoms with E-state index in [1.165, 1.54) is 5.56 Å². The van der Waals surface area contributed by atoms with Crippen molar-refractivity contribution in [2.45, 2.75) is 19.4 Å². The van der Waals surface area contributed by atoms with Crippen LogP contribution in [-0.4, -0.2) is 16.7 Å². The molecule has 1 atom stereocenters. The highest BCUT2D eigenvalue weighted by Crippen LogP contribution is 2.35. The predicted molar refractivity (Wildman–Crippen MR) is 68.7 cm³/mol. The van der Waals surface area contributed by atoms with Crippen molar-refractivity contribution in [2.75, 3.05) is 6.61 Å². The van der Waals surface area contributed by atoms with Gasteiger partial charge in [0.2, 0.25) is 0 Å². The van der Waals surface area contributed by atoms with E-state index in [1.807, 2.05) is 37.3 Å². The first-order valence-corrected chi connectivity index (χ1v) is 6.11. The lowest BCUT2D eigenvalue weighted by molar-refractivity contribution is 0.209. The van der Waals surface area contributed by atoms with E-state index < -0.39 is 6.10 Å². The van der Waals surface area contributed by atoms with Gasteiger partial charge in [0.15, 0.2) is 0 Å². The van der Waals surface area contributed by atoms with Gasteiger partial charge < -0.3 is 9.84 Å². The summed E-state index contributed by atoms with van der Waals surface area (Å²) in [4.78, 5) is 4.24. The molecule has 3 heteroatoms. The summed E-state index contributed by atoms with van der Waals surface area (Å²) in [5.41, 5.74) is 3.73. The Labute approximate surface area is 106 Å². The number of ether oxygens (including phenoxy) is 1. The van der Waals surface area contributed by atoms with E-state index in [0.717, 1.165) is 23.3 Å². The summed E-state index contributed by atoms with van der Waals surface area (Å²) >= 11 is 0. The van der Waals surface area contributed by atoms with E-state index in [-0.39, 0.29) is 0 Å². The van der Waals surface area contributed by atoms with Gasteiger partial charge in [0, 0.05) is 18.2 Å². The normalized spacial score (nSPS) is 15.0. The Morgan fingerprint density at radius 2 is 2.22 bits per heavy atom. The minimum Gasteiger partial charge on any atom is -0.493 e. The van der Waals surface area contributed by atoms with Crippen LogP contribution in [0.4, 0.5) is 0 Å². The number of aliphatic hydroxyl groups excluding tert-OH is 1. The van der Waals surface area contributed by atoms with Gasteiger partial charge in [-0.3, -0.25) is 4.98 Å². The van der Waals surface area contributed by atoms with E-state index >= 15 is 0 Å². The van der Waals surface area contributed by atoms with E-state index in [1.54, 1.807) is 6.20 Å². The number of benzene rings is 1. The number of aryl methyl sites for hydroxylation is 1. The summed E-state index contributed by atoms with van der Waals surface area (Å²) in [7, 11) is 0. The van der Waals surface area contributed by atoms with Crippen molar-refractivity contribution >= 4 is 0 Å². The number of rotatable bonds is 2. The zero-order chi connectivity index (χ0) is 12.5. The van der Waals surface area contributed by atoms with Crippen LogP contribution in [0.1, 0.15) is 28.5 Å². The molecule has 1 aliphatic heterocycles. The first-order chi connectivity index (χ1) is 8.75. The van der Waals surface area contributed by atoms with Crippen LogP contribution in [-0.2, 0) is 6.42 Å². The molecule has 3 nitrogen and oxygen atoms in total. The van der Waals surface area contributed by atoms with Crippen molar-refractivity contribution < 1.29 is 9.84 Å². The first-order valence-electron chi connectivity index (χ1n) is 6.11. The van der Waals surface area contributed by atoms with Crippen molar-refractivity contribution in [2.24, 2.45) is 0 Å². The van der Waals surface area contributed by atoms with Crippen LogP contribution in [0.25, 0.3) is 0 Å². The second-order valence-corrected chi connectivity index (χ2v) is 4.59. The van der Waals surface area contributed by atoms with Gasteiger partial charge in [-0.15, -0.1) is 0 Å². The molecule has 0 saturated heterocycles. The fourth-order valence-electron chi connectivity index (χ4n) is 2.32. The van der Waals surface area contributed by atoms with Gasteiger partial charge >= 0.3 is 0 Å². The monoisotopic (exact) mass is 241 g/mol. The molecule has 1 unspecified atom stereocenters. The third-order valence-electron chi connectivity index (χ3n) is 3.26. The standard InChI is InChI=1S/C15H15NO2/c1-10-5-7-16-13(9-10)14(17)12-4-2-3-11-6-8-18-15(11)12/h2-5,7,9,14,17H,6,8H2,1H3. The summed E-state index contributed by atoms with van der Waals surface area (Å²) in [6.07, 6.45) is 1.91. The quantitative estimate of drug-likeness (QED) is 0.878. The maximum Gasteiger partial charge on any atom is 0.128 e. The molecule has 18 heavy (non-hydrogen) atoms. The fraction of sp³-hybridized carbons (Fsp3) is 0.267. The van der Waals surface area contributed by atoms with Crippen LogP contribution in [0, 0.1) is 6.92 Å². The zero-order valence-corrected chi connectivity index (χ0v) is 10.3. The van der Waals surface area contributed by atoms with Gasteiger partial charge in [-0.25, -0.2) is 0 Å². The second-order valence-electron chi connectivity index (χ2n) is 4.59. The highest BCUT2D eigenvalue weighted by atomic mass is 16.5. The molecule has 0 aliphatic carbocycles. The molecule has 1 aromatic carbocycles. The van der Waals surface area contributed by atoms with Gasteiger partial charge in [0.05, 0.1) is 12.3 Å². The predicted octanol–water partition coefficient (Wildman–Crippen LogP) is 2.41. The van der Waals surface area contributed by atoms with Crippen LogP contribution in [0.2, 0.25) is 0 Å². The van der Waals surface area contributed by atoms with Crippen molar-refractivity contribution in [3.8, 4) is 5.75 Å². The third kappa shape index (κ3) is 1.87. The van der Waals surface area contributed by atoms with Gasteiger partial charge in [-0.05, 0) is 30.2 Å². The number of nitrogens with zero attached hydrogens (tertiary/aromatic N) is 1. The van der Waals surface area contributed by atoms with Crippen LogP contribution in [0.3, 0.4) is 0 Å². The fourth-order valence-corrected chi connectivity index (χ4v) is 2.32. The van der Waals surface area contributed by atoms with E-state index in [0.29, 0.717) is 12.3 Å². The average Bonchev–Trinajstić information content (AvgIpc) is 2.86. The number of aromatic nitrogens is 1. The lowest BCUT2D eigenvalue weighted by Gasteiger charge is -2.14. The maximum atomic E-state index is 10.4. The summed E-state index contributed by atoms with van der Waals surface area (Å²) in [6.45, 7) is 2.68. The van der Waals surface area contributed by atoms with E-state index in [2.05, 4.69) is 4.98 Å². The summed E-state index contributed by atoms with van der Waals surface area (Å²) in [5.74, 6) is 0.827. The molecule has 1 aliphatic rings. The van der Waals surface area contributed by atoms with Crippen LogP contribution in [0.5, 0.6) is 5.75 Å². The Kier molecular flexibility index (Phi) is 2.76. The van der Waals surface area contributed by atoms with Crippen molar-refractivity contribution in [3.63, 3.8) is 0 Å². The topological polar surface area (TPSA) is 42.4 Å². The van der Waals surface area contributed by atoms with Gasteiger partial charge in [0.1, 0.15) is 11.9 Å². The molecule has 0 fully saturated rings. The molecular weight excluding hydrogens is 226 g/mol. The molecule has 0 radical (unpaired) electrons. The van der Waals surface area contributed by atoms with Crippen LogP contribution < -0.4 is 4.74 Å². The van der Waals surface area contributed by atoms with E-state index in [9.17, 15) is 5.11 Å². The van der Waals surface area contributed by atoms with Crippen LogP contribution >= 0.6 is 0 Å². The second kappa shape index (κ2) is 4.42. The minimum atomic E-state index is -0.724. The minimum absolute atomic E-state index is 0.666. The number of hydrogen-bond acceptors (Lipinski definition) is 3. The lowest BCUT2D eigenvalue weighted by Crippen LogP contribution is -2.04. The molecule has 0 bridgehead atoms. The maximum absolute atomic E-state index is 10.4. The Bertz CT molecular complexity index is 580. The van der Waals surface area contributed by atoms with Crippen molar-refractivity contribution in [1.29, 1.82) is 0 Å². The van der Waals surface area contributed by atoms with Crippen molar-refractivity contribution in [3.05, 3.63) is 58.9 Å². The molecule has 2 aromatic rings. The highest BCUT2D eigenvalue weighted by Gasteiger charge is 2.22. The number of pyridine rings is 1. The molecule has 2 heterocycles. The first kappa shape index (κ1) is 11.2. The number of hydrogen-bond donors (Lipinski definition) is 1. The molecule has 1 N–H and O–H groups in total. The number of aliphatic hydroxyl groups is 1. The van der Waals surface area contributed by atoms with Crippen molar-refractivity contribution in [1.82, 2.24) is 4.98 Å². The number of fused-ring (bicyclic) bond motifs is 1. The zero-order valence-electron chi connectivity index (χ0n) is 10.3. The Morgan fingerprint density at radius 3 is 3.06 bits per heavy atom. The number of para-hydroxylation sites is 1. The molecule has 0 spiro atoms. The molecule has 0 amide bonds. The van der Waals surface area contributed by atoms with Gasteiger partial charge in [0.25, 0.3) is 0 Å². The van der Waals surface area contributed by atoms with Crippen LogP contribution in [0.15, 0.2) is 36.5 Å². The molecule has 1 aromatic heterocycles. The Balaban J connectivity index is 2.03. The summed E-state index contributed by atoms with van der Waals surface area (Å²) < 4.78 is 5.61. The largest absolute Gasteiger partial charge is 0.493 e. The lowest BCUT2D eigenvalue weighted by atomic mass is 10.0. The summed E-state index contributed by atoms with van der Waals surface area (Å²) in [5, 5.41) is 10.4. The molecular formula is C15H15NO2. The molecule has 3 rings (SSSR count). The van der Waals surface area contributed by atoms with E-state index in [4.69, 9.17) is 4.74 Å². The Hall–Kier alpha value is -1.87. The summed E-state index contributed by atoms with van der Waals surface area (Å²) in [6, 6.07) is 9.73. The smallest absolute Gasteiger partial charge is 0.128 e. The van der Waals surface area contributed by atoms with Gasteiger partial charge in [-0.1, -0.05) is 18.2 Å².